The van der Waals surface area contributed by atoms with Gasteiger partial charge in [0.25, 0.3) is 0 Å². The van der Waals surface area contributed by atoms with Gasteiger partial charge < -0.3 is 4.74 Å². The zero-order valence-electron chi connectivity index (χ0n) is 27.6. The van der Waals surface area contributed by atoms with Crippen LogP contribution in [0.2, 0.25) is 0 Å². The second kappa shape index (κ2) is 13.6. The van der Waals surface area contributed by atoms with Crippen LogP contribution in [0.1, 0.15) is 22.3 Å². The maximum absolute atomic E-state index is 6.24. The second-order valence-electron chi connectivity index (χ2n) is 12.2. The fourth-order valence-electron chi connectivity index (χ4n) is 6.90. The third-order valence-electron chi connectivity index (χ3n) is 9.06. The van der Waals surface area contributed by atoms with Crippen LogP contribution in [-0.4, -0.2) is 30.0 Å². The molecule has 0 unspecified atom stereocenters. The number of allylic oxidation sites excluding steroid dienone is 11. The van der Waals surface area contributed by atoms with Crippen molar-refractivity contribution in [3.05, 3.63) is 215 Å². The number of methoxy groups -OCH3 is 1. The molecule has 0 atom stereocenters. The van der Waals surface area contributed by atoms with Crippen molar-refractivity contribution in [1.82, 2.24) is 0 Å². The van der Waals surface area contributed by atoms with Crippen LogP contribution in [0.25, 0.3) is 22.3 Å². The normalized spacial score (nSPS) is 17.4. The number of hydrogen-bond acceptors (Lipinski definition) is 5. The van der Waals surface area contributed by atoms with Gasteiger partial charge in [0.15, 0.2) is 5.76 Å². The standard InChI is InChI=1S/C45H30N4O.Co/c1-50-45-38-28-36-25-23-34(47-36)26-33-22-24-35(46-33)27-37-39(29-14-6-2-7-15-29)40(30-16-8-3-9-17-30)43(48-37)41(31-18-10-4-11-19-31)44(49-38)42(45)32-20-12-5-13-21-32;/h2-28H,1H3;. The van der Waals surface area contributed by atoms with Gasteiger partial charge in [-0.3, -0.25) is 0 Å². The van der Waals surface area contributed by atoms with Crippen LogP contribution in [0, 0.1) is 0 Å². The minimum absolute atomic E-state index is 0. The van der Waals surface area contributed by atoms with Gasteiger partial charge in [0, 0.05) is 33.5 Å². The van der Waals surface area contributed by atoms with E-state index in [4.69, 9.17) is 24.7 Å². The zero-order valence-corrected chi connectivity index (χ0v) is 28.7. The molecule has 0 saturated heterocycles. The number of aliphatic imine (C=N–C) groups is 4. The quantitative estimate of drug-likeness (QED) is 0.205. The van der Waals surface area contributed by atoms with Crippen LogP contribution in [0.4, 0.5) is 0 Å². The average Bonchev–Trinajstić information content (AvgIpc) is 3.96. The minimum atomic E-state index is 0. The summed E-state index contributed by atoms with van der Waals surface area (Å²) in [4.78, 5) is 20.9. The van der Waals surface area contributed by atoms with Gasteiger partial charge in [-0.15, -0.1) is 0 Å². The fraction of sp³-hybridized carbons (Fsp3) is 0.0222. The Balaban J connectivity index is 0.00000374. The molecule has 5 aliphatic rings. The number of rotatable bonds is 5. The van der Waals surface area contributed by atoms with Gasteiger partial charge in [0.2, 0.25) is 0 Å². The Bertz CT molecular complexity index is 2450. The molecule has 9 rings (SSSR count). The topological polar surface area (TPSA) is 58.7 Å². The predicted molar refractivity (Wildman–Crippen MR) is 206 cm³/mol. The van der Waals surface area contributed by atoms with Gasteiger partial charge in [0.05, 0.1) is 52.6 Å². The molecule has 0 amide bonds. The van der Waals surface area contributed by atoms with E-state index < -0.39 is 0 Å². The maximum Gasteiger partial charge on any atom is 0.154 e. The van der Waals surface area contributed by atoms with Gasteiger partial charge in [-0.1, -0.05) is 121 Å². The molecule has 0 aliphatic carbocycles. The molecule has 5 aliphatic heterocycles. The average molecular weight is 702 g/mol. The molecule has 0 aromatic heterocycles. The summed E-state index contributed by atoms with van der Waals surface area (Å²) in [7, 11) is 1.71. The minimum Gasteiger partial charge on any atom is -0.494 e. The first-order valence-electron chi connectivity index (χ1n) is 16.6. The van der Waals surface area contributed by atoms with Gasteiger partial charge in [-0.05, 0) is 64.8 Å². The van der Waals surface area contributed by atoms with Crippen molar-refractivity contribution in [3.63, 3.8) is 0 Å². The molecular formula is C45H30CoN4O. The van der Waals surface area contributed by atoms with Crippen LogP contribution in [0.3, 0.4) is 0 Å². The van der Waals surface area contributed by atoms with Crippen LogP contribution >= 0.6 is 0 Å². The summed E-state index contributed by atoms with van der Waals surface area (Å²) in [6, 6.07) is 41.8. The van der Waals surface area contributed by atoms with Crippen LogP contribution in [0.5, 0.6) is 0 Å². The Kier molecular flexibility index (Phi) is 8.54. The van der Waals surface area contributed by atoms with E-state index in [0.29, 0.717) is 11.5 Å². The number of fused-ring (bicyclic) bond motifs is 4. The van der Waals surface area contributed by atoms with Crippen molar-refractivity contribution in [1.29, 1.82) is 0 Å². The number of hydrogen-bond donors (Lipinski definition) is 0. The predicted octanol–water partition coefficient (Wildman–Crippen LogP) is 9.66. The molecule has 0 spiro atoms. The Hall–Kier alpha value is -6.21. The molecule has 5 nitrogen and oxygen atoms in total. The summed E-state index contributed by atoms with van der Waals surface area (Å²) in [6.45, 7) is 0. The van der Waals surface area contributed by atoms with Crippen molar-refractivity contribution in [2.45, 2.75) is 0 Å². The smallest absolute Gasteiger partial charge is 0.154 e. The van der Waals surface area contributed by atoms with Gasteiger partial charge in [0.1, 0.15) is 5.71 Å². The van der Waals surface area contributed by atoms with Crippen LogP contribution in [0.15, 0.2) is 212 Å². The van der Waals surface area contributed by atoms with E-state index in [0.717, 1.165) is 84.5 Å². The molecular weight excluding hydrogens is 671 g/mol. The van der Waals surface area contributed by atoms with Gasteiger partial charge >= 0.3 is 0 Å². The van der Waals surface area contributed by atoms with E-state index in [1.54, 1.807) is 7.11 Å². The first-order valence-corrected chi connectivity index (χ1v) is 16.6. The Labute approximate surface area is 307 Å². The first kappa shape index (κ1) is 32.0. The molecule has 6 heteroatoms. The van der Waals surface area contributed by atoms with Crippen LogP contribution in [-0.2, 0) is 21.5 Å². The summed E-state index contributed by atoms with van der Waals surface area (Å²) in [5.41, 5.74) is 14.4. The van der Waals surface area contributed by atoms with E-state index in [1.807, 2.05) is 72.9 Å². The summed E-state index contributed by atoms with van der Waals surface area (Å²) in [6.07, 6.45) is 14.1. The summed E-state index contributed by atoms with van der Waals surface area (Å²) < 4.78 is 6.24. The molecule has 245 valence electrons. The molecule has 5 heterocycles. The number of benzene rings is 4. The number of ether oxygens (including phenoxy) is 1. The van der Waals surface area contributed by atoms with E-state index in [1.165, 1.54) is 0 Å². The molecule has 0 fully saturated rings. The third kappa shape index (κ3) is 5.91. The largest absolute Gasteiger partial charge is 0.494 e. The van der Waals surface area contributed by atoms with Gasteiger partial charge in [-0.2, -0.15) is 0 Å². The summed E-state index contributed by atoms with van der Waals surface area (Å²) >= 11 is 0. The Morgan fingerprint density at radius 1 is 0.431 bits per heavy atom. The van der Waals surface area contributed by atoms with Crippen LogP contribution < -0.4 is 0 Å². The van der Waals surface area contributed by atoms with E-state index in [9.17, 15) is 0 Å². The SMILES string of the molecule is COC1=C(c2ccccc2)C2=C(c3ccccc3)C3=NC(=CC4=NC(=CC5=NC(=CC1=N2)C=C5)C=C4)C(c1ccccc1)=C3c1ccccc1.[Co]. The Morgan fingerprint density at radius 3 is 1.45 bits per heavy atom. The molecule has 4 aromatic carbocycles. The first-order chi connectivity index (χ1) is 24.7. The van der Waals surface area contributed by atoms with Crippen molar-refractivity contribution >= 4 is 45.1 Å². The van der Waals surface area contributed by atoms with Crippen molar-refractivity contribution in [3.8, 4) is 0 Å². The molecule has 4 aromatic rings. The molecule has 51 heavy (non-hydrogen) atoms. The molecule has 0 N–H and O–H groups in total. The summed E-state index contributed by atoms with van der Waals surface area (Å²) in [5.74, 6) is 0.683. The molecule has 8 bridgehead atoms. The van der Waals surface area contributed by atoms with Crippen molar-refractivity contribution in [2.24, 2.45) is 20.0 Å². The monoisotopic (exact) mass is 701 g/mol. The summed E-state index contributed by atoms with van der Waals surface area (Å²) in [5, 5.41) is 0. The third-order valence-corrected chi connectivity index (χ3v) is 9.06. The van der Waals surface area contributed by atoms with E-state index in [2.05, 4.69) is 91.0 Å². The van der Waals surface area contributed by atoms with Crippen molar-refractivity contribution < 1.29 is 21.5 Å². The van der Waals surface area contributed by atoms with E-state index >= 15 is 0 Å². The van der Waals surface area contributed by atoms with Crippen molar-refractivity contribution in [2.75, 3.05) is 7.11 Å². The fourth-order valence-corrected chi connectivity index (χ4v) is 6.90. The number of nitrogens with zero attached hydrogens (tertiary/aromatic N) is 4. The molecule has 0 saturated carbocycles. The zero-order chi connectivity index (χ0) is 33.4. The van der Waals surface area contributed by atoms with Gasteiger partial charge in [-0.25, -0.2) is 20.0 Å². The molecule has 1 radical (unpaired) electrons. The Morgan fingerprint density at radius 2 is 0.902 bits per heavy atom. The van der Waals surface area contributed by atoms with E-state index in [-0.39, 0.29) is 16.8 Å². The maximum atomic E-state index is 6.24. The second-order valence-corrected chi connectivity index (χ2v) is 12.2.